The first-order valence-corrected chi connectivity index (χ1v) is 9.73. The summed E-state index contributed by atoms with van der Waals surface area (Å²) >= 11 is 0. The Kier molecular flexibility index (Phi) is 5.35. The topological polar surface area (TPSA) is 136 Å². The minimum Gasteiger partial charge on any atom is -0.371 e. The highest BCUT2D eigenvalue weighted by Gasteiger charge is 2.22. The van der Waals surface area contributed by atoms with Crippen LogP contribution in [0.1, 0.15) is 33.7 Å². The van der Waals surface area contributed by atoms with Crippen molar-refractivity contribution in [2.75, 3.05) is 23.3 Å². The molecular weight excluding hydrogens is 400 g/mol. The quantitative estimate of drug-likeness (QED) is 0.465. The average molecular weight is 420 g/mol. The predicted octanol–water partition coefficient (Wildman–Crippen LogP) is 2.73. The lowest BCUT2D eigenvalue weighted by Crippen LogP contribution is -2.23. The van der Waals surface area contributed by atoms with Gasteiger partial charge in [-0.3, -0.25) is 19.7 Å². The fraction of sp³-hybridized carbons (Fsp3) is 0.190. The van der Waals surface area contributed by atoms with E-state index in [-0.39, 0.29) is 16.9 Å². The Labute approximate surface area is 177 Å². The molecule has 3 aromatic rings. The van der Waals surface area contributed by atoms with Crippen LogP contribution in [-0.2, 0) is 0 Å². The molecule has 4 rings (SSSR count). The number of carbonyl (C=O) groups excluding carboxylic acids is 2. The second-order valence-electron chi connectivity index (χ2n) is 7.16. The smallest absolute Gasteiger partial charge is 0.270 e. The summed E-state index contributed by atoms with van der Waals surface area (Å²) in [4.78, 5) is 36.9. The highest BCUT2D eigenvalue weighted by Crippen LogP contribution is 2.29. The Hall–Kier alpha value is -4.21. The molecule has 1 aromatic heterocycles. The highest BCUT2D eigenvalue weighted by atomic mass is 16.6. The van der Waals surface area contributed by atoms with Crippen LogP contribution in [0.15, 0.2) is 54.7 Å². The molecule has 2 heterocycles. The van der Waals surface area contributed by atoms with Crippen molar-refractivity contribution in [1.82, 2.24) is 9.78 Å². The van der Waals surface area contributed by atoms with Crippen LogP contribution in [0.4, 0.5) is 17.1 Å². The molecule has 0 radical (unpaired) electrons. The molecule has 1 saturated heterocycles. The third kappa shape index (κ3) is 4.22. The lowest BCUT2D eigenvalue weighted by molar-refractivity contribution is -0.384. The van der Waals surface area contributed by atoms with Crippen LogP contribution >= 0.6 is 0 Å². The number of aromatic nitrogens is 2. The molecule has 1 aliphatic rings. The van der Waals surface area contributed by atoms with Gasteiger partial charge < -0.3 is 16.0 Å². The van der Waals surface area contributed by atoms with Gasteiger partial charge in [-0.25, -0.2) is 4.68 Å². The summed E-state index contributed by atoms with van der Waals surface area (Å²) in [6, 6.07) is 12.7. The summed E-state index contributed by atoms with van der Waals surface area (Å²) in [6.07, 6.45) is 3.65. The van der Waals surface area contributed by atoms with Crippen molar-refractivity contribution in [3.8, 4) is 5.69 Å². The van der Waals surface area contributed by atoms with E-state index in [1.165, 1.54) is 22.9 Å². The summed E-state index contributed by atoms with van der Waals surface area (Å²) < 4.78 is 1.50. The van der Waals surface area contributed by atoms with Crippen molar-refractivity contribution in [3.05, 3.63) is 76.1 Å². The van der Waals surface area contributed by atoms with Crippen LogP contribution in [0.2, 0.25) is 0 Å². The number of nitrogens with one attached hydrogen (secondary N) is 1. The van der Waals surface area contributed by atoms with Gasteiger partial charge in [-0.1, -0.05) is 0 Å². The van der Waals surface area contributed by atoms with Crippen LogP contribution in [0.25, 0.3) is 5.69 Å². The third-order valence-corrected chi connectivity index (χ3v) is 5.11. The fourth-order valence-corrected chi connectivity index (χ4v) is 3.55. The maximum absolute atomic E-state index is 13.0. The van der Waals surface area contributed by atoms with Crippen molar-refractivity contribution >= 4 is 28.9 Å². The van der Waals surface area contributed by atoms with E-state index in [4.69, 9.17) is 5.73 Å². The number of rotatable bonds is 6. The first-order valence-electron chi connectivity index (χ1n) is 9.73. The molecule has 2 amide bonds. The molecule has 10 nitrogen and oxygen atoms in total. The number of benzene rings is 2. The van der Waals surface area contributed by atoms with Gasteiger partial charge in [-0.2, -0.15) is 5.10 Å². The maximum atomic E-state index is 13.0. The van der Waals surface area contributed by atoms with E-state index in [0.29, 0.717) is 17.1 Å². The number of carbonyl (C=O) groups is 2. The first kappa shape index (κ1) is 20.1. The van der Waals surface area contributed by atoms with Gasteiger partial charge in [0.05, 0.1) is 21.9 Å². The summed E-state index contributed by atoms with van der Waals surface area (Å²) in [7, 11) is 0. The zero-order chi connectivity index (χ0) is 22.0. The van der Waals surface area contributed by atoms with Crippen molar-refractivity contribution in [2.45, 2.75) is 12.8 Å². The van der Waals surface area contributed by atoms with E-state index in [1.54, 1.807) is 36.5 Å². The van der Waals surface area contributed by atoms with Gasteiger partial charge in [0.25, 0.3) is 17.5 Å². The molecule has 31 heavy (non-hydrogen) atoms. The number of amides is 2. The van der Waals surface area contributed by atoms with E-state index in [2.05, 4.69) is 15.3 Å². The number of nitro benzene ring substituents is 1. The van der Waals surface area contributed by atoms with E-state index in [1.807, 2.05) is 0 Å². The standard InChI is InChI=1S/C21H20N6O4/c22-20(28)18-9-12-26(24-18)15-5-3-14(4-6-15)23-21(29)17-13-16(27(30)31)7-8-19(17)25-10-1-2-11-25/h3-9,12-13H,1-2,10-11H2,(H2,22,28)(H,23,29). The van der Waals surface area contributed by atoms with Gasteiger partial charge in [-0.05, 0) is 49.2 Å². The zero-order valence-electron chi connectivity index (χ0n) is 16.5. The minimum atomic E-state index is -0.617. The number of non-ortho nitro benzene ring substituents is 1. The highest BCUT2D eigenvalue weighted by molar-refractivity contribution is 6.08. The minimum absolute atomic E-state index is 0.132. The van der Waals surface area contributed by atoms with Gasteiger partial charge in [0.2, 0.25) is 0 Å². The van der Waals surface area contributed by atoms with Crippen LogP contribution in [0.3, 0.4) is 0 Å². The van der Waals surface area contributed by atoms with Crippen molar-refractivity contribution in [2.24, 2.45) is 5.73 Å². The van der Waals surface area contributed by atoms with Gasteiger partial charge in [0, 0.05) is 37.1 Å². The largest absolute Gasteiger partial charge is 0.371 e. The molecule has 2 aromatic carbocycles. The second-order valence-corrected chi connectivity index (χ2v) is 7.16. The Morgan fingerprint density at radius 2 is 1.77 bits per heavy atom. The molecule has 158 valence electrons. The SMILES string of the molecule is NC(=O)c1ccn(-c2ccc(NC(=O)c3cc([N+](=O)[O-])ccc3N3CCCC3)cc2)n1. The van der Waals surface area contributed by atoms with Gasteiger partial charge in [0.15, 0.2) is 0 Å². The molecule has 0 unspecified atom stereocenters. The Morgan fingerprint density at radius 1 is 1.06 bits per heavy atom. The Bertz CT molecular complexity index is 1150. The molecule has 0 atom stereocenters. The van der Waals surface area contributed by atoms with E-state index < -0.39 is 16.7 Å². The van der Waals surface area contributed by atoms with E-state index in [0.717, 1.165) is 25.9 Å². The maximum Gasteiger partial charge on any atom is 0.270 e. The second kappa shape index (κ2) is 8.27. The predicted molar refractivity (Wildman–Crippen MR) is 115 cm³/mol. The lowest BCUT2D eigenvalue weighted by atomic mass is 10.1. The molecule has 0 spiro atoms. The van der Waals surface area contributed by atoms with Gasteiger partial charge in [0.1, 0.15) is 5.69 Å². The normalized spacial score (nSPS) is 13.2. The summed E-state index contributed by atoms with van der Waals surface area (Å²) in [5.41, 5.74) is 7.39. The summed E-state index contributed by atoms with van der Waals surface area (Å²) in [6.45, 7) is 1.62. The molecule has 1 fully saturated rings. The number of nitrogens with two attached hydrogens (primary N) is 1. The number of anilines is 2. The zero-order valence-corrected chi connectivity index (χ0v) is 16.5. The van der Waals surface area contributed by atoms with Crippen LogP contribution in [-0.4, -0.2) is 39.6 Å². The number of hydrogen-bond donors (Lipinski definition) is 2. The van der Waals surface area contributed by atoms with Crippen LogP contribution in [0, 0.1) is 10.1 Å². The third-order valence-electron chi connectivity index (χ3n) is 5.11. The molecule has 3 N–H and O–H groups in total. The lowest BCUT2D eigenvalue weighted by Gasteiger charge is -2.21. The van der Waals surface area contributed by atoms with Crippen LogP contribution in [0.5, 0.6) is 0 Å². The molecular formula is C21H20N6O4. The Balaban J connectivity index is 1.56. The first-order chi connectivity index (χ1) is 14.9. The molecule has 0 aliphatic carbocycles. The van der Waals surface area contributed by atoms with E-state index >= 15 is 0 Å². The summed E-state index contributed by atoms with van der Waals surface area (Å²) in [5, 5.41) is 18.1. The van der Waals surface area contributed by atoms with Gasteiger partial charge in [-0.15, -0.1) is 0 Å². The average Bonchev–Trinajstić information content (AvgIpc) is 3.46. The van der Waals surface area contributed by atoms with E-state index in [9.17, 15) is 19.7 Å². The van der Waals surface area contributed by atoms with Crippen molar-refractivity contribution < 1.29 is 14.5 Å². The van der Waals surface area contributed by atoms with Crippen molar-refractivity contribution in [1.29, 1.82) is 0 Å². The number of primary amides is 1. The summed E-state index contributed by atoms with van der Waals surface area (Å²) in [5.74, 6) is -1.04. The Morgan fingerprint density at radius 3 is 2.39 bits per heavy atom. The van der Waals surface area contributed by atoms with Crippen LogP contribution < -0.4 is 16.0 Å². The number of nitrogens with zero attached hydrogens (tertiary/aromatic N) is 4. The molecule has 10 heteroatoms. The fourth-order valence-electron chi connectivity index (χ4n) is 3.55. The number of nitro groups is 1. The molecule has 0 saturated carbocycles. The van der Waals surface area contributed by atoms with Crippen molar-refractivity contribution in [3.63, 3.8) is 0 Å². The molecule has 1 aliphatic heterocycles. The van der Waals surface area contributed by atoms with Gasteiger partial charge >= 0.3 is 0 Å². The molecule has 0 bridgehead atoms. The monoisotopic (exact) mass is 420 g/mol. The number of hydrogen-bond acceptors (Lipinski definition) is 6.